The zero-order chi connectivity index (χ0) is 19.1. The fraction of sp³-hybridized carbons (Fsp3) is 0.421. The molecule has 0 radical (unpaired) electrons. The van der Waals surface area contributed by atoms with E-state index in [2.05, 4.69) is 10.3 Å². The number of alkyl halides is 1. The number of hydrogen-bond donors (Lipinski definition) is 2. The summed E-state index contributed by atoms with van der Waals surface area (Å²) in [4.78, 5) is 27.8. The summed E-state index contributed by atoms with van der Waals surface area (Å²) in [6, 6.07) is 4.90. The Hall–Kier alpha value is -2.90. The van der Waals surface area contributed by atoms with Gasteiger partial charge < -0.3 is 20.5 Å². The molecule has 1 aliphatic heterocycles. The van der Waals surface area contributed by atoms with Crippen molar-refractivity contribution in [3.8, 4) is 11.6 Å². The lowest BCUT2D eigenvalue weighted by Crippen LogP contribution is -2.37. The standard InChI is InChI=1S/C19H20FN3O4/c1-26-14-7-11-9(6-12(14)17(21)24)3-5-22-19(11)27-8-13-15-10(2-4-20)16(15)18(25)23-13/h3,5-7,10,13,15-16H,2,4,8H2,1H3,(H2,21,24)(H,23,25)/t10-,13-,15+,16-/m1/s1. The Bertz CT molecular complexity index is 919. The fourth-order valence-electron chi connectivity index (χ4n) is 4.16. The minimum absolute atomic E-state index is 0.0225. The van der Waals surface area contributed by atoms with E-state index in [1.807, 2.05) is 0 Å². The Balaban J connectivity index is 1.56. The number of aromatic nitrogens is 1. The average Bonchev–Trinajstić information content (AvgIpc) is 3.27. The molecule has 2 amide bonds. The molecule has 2 fully saturated rings. The number of amides is 2. The predicted molar refractivity (Wildman–Crippen MR) is 95.3 cm³/mol. The number of carbonyl (C=O) groups is 2. The van der Waals surface area contributed by atoms with Gasteiger partial charge in [-0.25, -0.2) is 4.98 Å². The summed E-state index contributed by atoms with van der Waals surface area (Å²) >= 11 is 0. The number of hydrogen-bond acceptors (Lipinski definition) is 5. The Labute approximate surface area is 155 Å². The fourth-order valence-corrected chi connectivity index (χ4v) is 4.16. The zero-order valence-corrected chi connectivity index (χ0v) is 14.8. The van der Waals surface area contributed by atoms with Gasteiger partial charge in [0.05, 0.1) is 25.4 Å². The van der Waals surface area contributed by atoms with Gasteiger partial charge in [0.15, 0.2) is 0 Å². The van der Waals surface area contributed by atoms with Gasteiger partial charge in [0.2, 0.25) is 11.8 Å². The van der Waals surface area contributed by atoms with Crippen LogP contribution in [-0.4, -0.2) is 43.2 Å². The molecule has 4 atom stereocenters. The molecular weight excluding hydrogens is 353 g/mol. The molecule has 1 aromatic carbocycles. The molecule has 2 aliphatic rings. The summed E-state index contributed by atoms with van der Waals surface area (Å²) < 4.78 is 23.7. The first-order valence-corrected chi connectivity index (χ1v) is 8.81. The quantitative estimate of drug-likeness (QED) is 0.764. The minimum Gasteiger partial charge on any atom is -0.496 e. The smallest absolute Gasteiger partial charge is 0.252 e. The van der Waals surface area contributed by atoms with Crippen molar-refractivity contribution in [3.63, 3.8) is 0 Å². The van der Waals surface area contributed by atoms with Gasteiger partial charge in [-0.05, 0) is 41.8 Å². The van der Waals surface area contributed by atoms with Gasteiger partial charge in [0, 0.05) is 17.5 Å². The second-order valence-electron chi connectivity index (χ2n) is 6.92. The molecule has 4 rings (SSSR count). The number of rotatable bonds is 7. The molecule has 3 N–H and O–H groups in total. The van der Waals surface area contributed by atoms with Crippen molar-refractivity contribution in [1.82, 2.24) is 10.3 Å². The van der Waals surface area contributed by atoms with Crippen LogP contribution in [0.1, 0.15) is 16.8 Å². The van der Waals surface area contributed by atoms with Crippen LogP contribution in [0.4, 0.5) is 4.39 Å². The third kappa shape index (κ3) is 2.94. The van der Waals surface area contributed by atoms with Crippen molar-refractivity contribution in [2.75, 3.05) is 20.4 Å². The van der Waals surface area contributed by atoms with E-state index in [0.29, 0.717) is 23.4 Å². The predicted octanol–water partition coefficient (Wildman–Crippen LogP) is 1.44. The summed E-state index contributed by atoms with van der Waals surface area (Å²) in [5.41, 5.74) is 5.68. The van der Waals surface area contributed by atoms with Crippen LogP contribution in [0.25, 0.3) is 10.8 Å². The highest BCUT2D eigenvalue weighted by Gasteiger charge is 2.62. The molecule has 27 heavy (non-hydrogen) atoms. The maximum Gasteiger partial charge on any atom is 0.252 e. The first-order valence-electron chi connectivity index (χ1n) is 8.81. The van der Waals surface area contributed by atoms with E-state index in [9.17, 15) is 14.0 Å². The highest BCUT2D eigenvalue weighted by atomic mass is 19.1. The molecule has 1 saturated heterocycles. The van der Waals surface area contributed by atoms with Crippen molar-refractivity contribution in [1.29, 1.82) is 0 Å². The normalized spacial score (nSPS) is 25.8. The van der Waals surface area contributed by atoms with E-state index in [1.54, 1.807) is 24.4 Å². The van der Waals surface area contributed by atoms with E-state index >= 15 is 0 Å². The maximum absolute atomic E-state index is 12.6. The number of nitrogens with two attached hydrogens (primary N) is 1. The highest BCUT2D eigenvalue weighted by molar-refractivity contribution is 6.01. The number of benzene rings is 1. The summed E-state index contributed by atoms with van der Waals surface area (Å²) in [6.45, 7) is -0.160. The van der Waals surface area contributed by atoms with Gasteiger partial charge in [-0.15, -0.1) is 0 Å². The van der Waals surface area contributed by atoms with Gasteiger partial charge in [0.1, 0.15) is 12.4 Å². The number of pyridine rings is 1. The lowest BCUT2D eigenvalue weighted by Gasteiger charge is -2.17. The third-order valence-electron chi connectivity index (χ3n) is 5.48. The first-order chi connectivity index (χ1) is 13.0. The van der Waals surface area contributed by atoms with Gasteiger partial charge >= 0.3 is 0 Å². The van der Waals surface area contributed by atoms with Gasteiger partial charge in [-0.1, -0.05) is 0 Å². The SMILES string of the molecule is COc1cc2c(OC[C@H]3NC(=O)[C@@H]4[C@H](CCF)[C@H]43)nccc2cc1C(N)=O. The number of nitrogens with one attached hydrogen (secondary N) is 1. The van der Waals surface area contributed by atoms with Crippen molar-refractivity contribution < 1.29 is 23.5 Å². The van der Waals surface area contributed by atoms with Crippen LogP contribution in [0.5, 0.6) is 11.6 Å². The lowest BCUT2D eigenvalue weighted by molar-refractivity contribution is -0.121. The number of nitrogens with zero attached hydrogens (tertiary/aromatic N) is 1. The summed E-state index contributed by atoms with van der Waals surface area (Å²) in [6.07, 6.45) is 1.99. The van der Waals surface area contributed by atoms with Crippen LogP contribution in [0.15, 0.2) is 24.4 Å². The second kappa shape index (κ2) is 6.68. The molecule has 0 spiro atoms. The molecule has 1 saturated carbocycles. The molecule has 1 aromatic heterocycles. The Morgan fingerprint density at radius 3 is 2.93 bits per heavy atom. The van der Waals surface area contributed by atoms with E-state index in [1.165, 1.54) is 7.11 Å². The number of halogens is 1. The lowest BCUT2D eigenvalue weighted by atomic mass is 10.1. The molecule has 2 heterocycles. The number of carbonyl (C=O) groups excluding carboxylic acids is 2. The van der Waals surface area contributed by atoms with Crippen LogP contribution >= 0.6 is 0 Å². The molecule has 0 bridgehead atoms. The number of piperidine rings is 1. The molecule has 142 valence electrons. The molecule has 7 nitrogen and oxygen atoms in total. The number of fused-ring (bicyclic) bond motifs is 2. The van der Waals surface area contributed by atoms with Gasteiger partial charge in [-0.2, -0.15) is 0 Å². The van der Waals surface area contributed by atoms with E-state index < -0.39 is 12.6 Å². The summed E-state index contributed by atoms with van der Waals surface area (Å²) in [5, 5.41) is 4.32. The largest absolute Gasteiger partial charge is 0.496 e. The van der Waals surface area contributed by atoms with Crippen LogP contribution in [0.2, 0.25) is 0 Å². The summed E-state index contributed by atoms with van der Waals surface area (Å²) in [5.74, 6) is 0.254. The Kier molecular flexibility index (Phi) is 4.33. The zero-order valence-electron chi connectivity index (χ0n) is 14.8. The number of methoxy groups -OCH3 is 1. The molecule has 2 aromatic rings. The maximum atomic E-state index is 12.6. The molecule has 8 heteroatoms. The first kappa shape index (κ1) is 17.5. The molecule has 0 unspecified atom stereocenters. The van der Waals surface area contributed by atoms with Crippen LogP contribution < -0.4 is 20.5 Å². The van der Waals surface area contributed by atoms with Crippen LogP contribution in [0, 0.1) is 17.8 Å². The number of ether oxygens (including phenoxy) is 2. The van der Waals surface area contributed by atoms with E-state index in [-0.39, 0.29) is 41.9 Å². The number of primary amides is 1. The van der Waals surface area contributed by atoms with Crippen LogP contribution in [-0.2, 0) is 4.79 Å². The molecular formula is C19H20FN3O4. The minimum atomic E-state index is -0.583. The van der Waals surface area contributed by atoms with Crippen molar-refractivity contribution in [2.24, 2.45) is 23.5 Å². The Morgan fingerprint density at radius 1 is 1.41 bits per heavy atom. The average molecular weight is 373 g/mol. The third-order valence-corrected chi connectivity index (χ3v) is 5.48. The van der Waals surface area contributed by atoms with Crippen molar-refractivity contribution >= 4 is 22.6 Å². The second-order valence-corrected chi connectivity index (χ2v) is 6.92. The topological polar surface area (TPSA) is 104 Å². The van der Waals surface area contributed by atoms with Gasteiger partial charge in [0.25, 0.3) is 5.91 Å². The van der Waals surface area contributed by atoms with Crippen molar-refractivity contribution in [2.45, 2.75) is 12.5 Å². The van der Waals surface area contributed by atoms with Crippen LogP contribution in [0.3, 0.4) is 0 Å². The Morgan fingerprint density at radius 2 is 2.22 bits per heavy atom. The van der Waals surface area contributed by atoms with E-state index in [0.717, 1.165) is 5.39 Å². The monoisotopic (exact) mass is 373 g/mol. The highest BCUT2D eigenvalue weighted by Crippen LogP contribution is 2.54. The summed E-state index contributed by atoms with van der Waals surface area (Å²) in [7, 11) is 1.46. The van der Waals surface area contributed by atoms with Gasteiger partial charge in [-0.3, -0.25) is 14.0 Å². The molecule has 1 aliphatic carbocycles. The van der Waals surface area contributed by atoms with Crippen molar-refractivity contribution in [3.05, 3.63) is 30.0 Å². The van der Waals surface area contributed by atoms with E-state index in [4.69, 9.17) is 15.2 Å².